The van der Waals surface area contributed by atoms with Crippen LogP contribution in [0.25, 0.3) is 0 Å². The van der Waals surface area contributed by atoms with Crippen molar-refractivity contribution in [2.24, 2.45) is 0 Å². The Labute approximate surface area is 146 Å². The largest absolute Gasteiger partial charge is 0.323 e. The van der Waals surface area contributed by atoms with Gasteiger partial charge < -0.3 is 5.32 Å². The van der Waals surface area contributed by atoms with Gasteiger partial charge in [0.05, 0.1) is 4.90 Å². The third kappa shape index (κ3) is 4.21. The Bertz CT molecular complexity index is 968. The molecule has 130 valence electrons. The monoisotopic (exact) mass is 357 g/mol. The molecule has 8 heteroatoms. The van der Waals surface area contributed by atoms with Gasteiger partial charge in [0.25, 0.3) is 0 Å². The van der Waals surface area contributed by atoms with Crippen molar-refractivity contribution in [3.63, 3.8) is 0 Å². The van der Waals surface area contributed by atoms with Crippen LogP contribution in [0.5, 0.6) is 0 Å². The van der Waals surface area contributed by atoms with Gasteiger partial charge in [0.15, 0.2) is 15.7 Å². The highest BCUT2D eigenvalue weighted by molar-refractivity contribution is 7.90. The first-order valence-corrected chi connectivity index (χ1v) is 9.55. The predicted octanol–water partition coefficient (Wildman–Crippen LogP) is 2.79. The summed E-state index contributed by atoms with van der Waals surface area (Å²) in [5, 5.41) is 10.0. The molecule has 0 atom stereocenters. The lowest BCUT2D eigenvalue weighted by atomic mass is 10.3. The van der Waals surface area contributed by atoms with E-state index in [1.165, 1.54) is 0 Å². The van der Waals surface area contributed by atoms with Crippen molar-refractivity contribution in [1.82, 2.24) is 20.2 Å². The first-order valence-electron chi connectivity index (χ1n) is 7.90. The number of anilines is 2. The standard InChI is InChI=1S/C17H19N5O2S/c1-3-13-10-15(19-16-9-12(2)21-22-16)20-17(18-13)11-25(23,24)14-7-5-4-6-8-14/h4-10H,3,11H2,1-2H3,(H2,18,19,20,21,22). The van der Waals surface area contributed by atoms with Gasteiger partial charge in [-0.3, -0.25) is 5.10 Å². The van der Waals surface area contributed by atoms with Gasteiger partial charge in [-0.25, -0.2) is 18.4 Å². The number of aromatic nitrogens is 4. The Balaban J connectivity index is 1.89. The minimum Gasteiger partial charge on any atom is -0.323 e. The van der Waals surface area contributed by atoms with Crippen molar-refractivity contribution in [3.8, 4) is 0 Å². The molecule has 3 aromatic rings. The van der Waals surface area contributed by atoms with Crippen molar-refractivity contribution in [2.75, 3.05) is 5.32 Å². The van der Waals surface area contributed by atoms with Gasteiger partial charge in [-0.2, -0.15) is 5.10 Å². The van der Waals surface area contributed by atoms with Crippen LogP contribution < -0.4 is 5.32 Å². The zero-order valence-electron chi connectivity index (χ0n) is 14.0. The molecule has 0 aliphatic rings. The summed E-state index contributed by atoms with van der Waals surface area (Å²) in [5.41, 5.74) is 1.68. The van der Waals surface area contributed by atoms with Crippen molar-refractivity contribution in [3.05, 3.63) is 59.7 Å². The Kier molecular flexibility index (Phi) is 4.80. The van der Waals surface area contributed by atoms with Crippen LogP contribution >= 0.6 is 0 Å². The number of hydrogen-bond donors (Lipinski definition) is 2. The van der Waals surface area contributed by atoms with E-state index in [0.717, 1.165) is 11.4 Å². The van der Waals surface area contributed by atoms with E-state index >= 15 is 0 Å². The summed E-state index contributed by atoms with van der Waals surface area (Å²) in [6, 6.07) is 12.0. The number of hydrogen-bond acceptors (Lipinski definition) is 6. The van der Waals surface area contributed by atoms with Crippen LogP contribution in [0.2, 0.25) is 0 Å². The first kappa shape index (κ1) is 17.1. The molecule has 0 saturated heterocycles. The van der Waals surface area contributed by atoms with Gasteiger partial charge in [0.1, 0.15) is 17.4 Å². The topological polar surface area (TPSA) is 101 Å². The van der Waals surface area contributed by atoms with Crippen molar-refractivity contribution in [1.29, 1.82) is 0 Å². The number of H-pyrrole nitrogens is 1. The average molecular weight is 357 g/mol. The highest BCUT2D eigenvalue weighted by atomic mass is 32.2. The van der Waals surface area contributed by atoms with E-state index < -0.39 is 9.84 Å². The normalized spacial score (nSPS) is 11.4. The maximum atomic E-state index is 12.6. The molecule has 7 nitrogen and oxygen atoms in total. The fourth-order valence-corrected chi connectivity index (χ4v) is 3.56. The summed E-state index contributed by atoms with van der Waals surface area (Å²) in [4.78, 5) is 8.95. The van der Waals surface area contributed by atoms with E-state index in [4.69, 9.17) is 0 Å². The van der Waals surface area contributed by atoms with Crippen LogP contribution in [0.3, 0.4) is 0 Å². The van der Waals surface area contributed by atoms with Crippen LogP contribution in [0, 0.1) is 6.92 Å². The summed E-state index contributed by atoms with van der Waals surface area (Å²) in [6.45, 7) is 3.85. The fraction of sp³-hybridized carbons (Fsp3) is 0.235. The van der Waals surface area contributed by atoms with Gasteiger partial charge >= 0.3 is 0 Å². The highest BCUT2D eigenvalue weighted by Crippen LogP contribution is 2.18. The molecule has 0 radical (unpaired) electrons. The minimum absolute atomic E-state index is 0.251. The van der Waals surface area contributed by atoms with Crippen LogP contribution in [-0.4, -0.2) is 28.6 Å². The first-order chi connectivity index (χ1) is 12.0. The van der Waals surface area contributed by atoms with Crippen LogP contribution in [-0.2, 0) is 22.0 Å². The molecule has 0 bridgehead atoms. The summed E-state index contributed by atoms with van der Waals surface area (Å²) in [6.07, 6.45) is 0.676. The van der Waals surface area contributed by atoms with E-state index in [2.05, 4.69) is 25.5 Å². The summed E-state index contributed by atoms with van der Waals surface area (Å²) < 4.78 is 25.1. The Morgan fingerprint density at radius 2 is 1.84 bits per heavy atom. The molecule has 2 aromatic heterocycles. The third-order valence-electron chi connectivity index (χ3n) is 3.57. The fourth-order valence-electron chi connectivity index (χ4n) is 2.36. The van der Waals surface area contributed by atoms with Gasteiger partial charge in [-0.1, -0.05) is 25.1 Å². The van der Waals surface area contributed by atoms with Gasteiger partial charge in [0, 0.05) is 23.5 Å². The second-order valence-electron chi connectivity index (χ2n) is 5.65. The lowest BCUT2D eigenvalue weighted by molar-refractivity contribution is 0.593. The van der Waals surface area contributed by atoms with E-state index in [-0.39, 0.29) is 16.5 Å². The zero-order valence-corrected chi connectivity index (χ0v) is 14.8. The molecule has 0 amide bonds. The quantitative estimate of drug-likeness (QED) is 0.703. The molecule has 3 rings (SSSR count). The minimum atomic E-state index is -3.50. The lowest BCUT2D eigenvalue weighted by Crippen LogP contribution is -2.10. The molecule has 0 fully saturated rings. The molecule has 0 aliphatic heterocycles. The SMILES string of the molecule is CCc1cc(Nc2cc(C)[nH]n2)nc(CS(=O)(=O)c2ccccc2)n1. The molecular formula is C17H19N5O2S. The summed E-state index contributed by atoms with van der Waals surface area (Å²) in [5.74, 6) is 1.16. The number of aromatic amines is 1. The second kappa shape index (κ2) is 7.02. The number of benzene rings is 1. The smallest absolute Gasteiger partial charge is 0.185 e. The molecule has 0 aliphatic carbocycles. The van der Waals surface area contributed by atoms with Crippen LogP contribution in [0.1, 0.15) is 24.1 Å². The van der Waals surface area contributed by atoms with E-state index in [0.29, 0.717) is 18.1 Å². The van der Waals surface area contributed by atoms with Crippen molar-refractivity contribution < 1.29 is 8.42 Å². The number of sulfone groups is 1. The molecular weight excluding hydrogens is 338 g/mol. The zero-order chi connectivity index (χ0) is 17.9. The Morgan fingerprint density at radius 1 is 1.08 bits per heavy atom. The molecule has 2 heterocycles. The maximum Gasteiger partial charge on any atom is 0.185 e. The molecule has 25 heavy (non-hydrogen) atoms. The van der Waals surface area contributed by atoms with Gasteiger partial charge in [-0.05, 0) is 25.5 Å². The summed E-state index contributed by atoms with van der Waals surface area (Å²) >= 11 is 0. The van der Waals surface area contributed by atoms with E-state index in [1.807, 2.05) is 19.9 Å². The van der Waals surface area contributed by atoms with Crippen LogP contribution in [0.15, 0.2) is 47.4 Å². The Hall–Kier alpha value is -2.74. The van der Waals surface area contributed by atoms with Crippen LogP contribution in [0.4, 0.5) is 11.6 Å². The lowest BCUT2D eigenvalue weighted by Gasteiger charge is -2.08. The predicted molar refractivity (Wildman–Crippen MR) is 95.3 cm³/mol. The molecule has 0 spiro atoms. The second-order valence-corrected chi connectivity index (χ2v) is 7.64. The highest BCUT2D eigenvalue weighted by Gasteiger charge is 2.18. The third-order valence-corrected chi connectivity index (χ3v) is 5.20. The number of rotatable bonds is 6. The van der Waals surface area contributed by atoms with E-state index in [1.54, 1.807) is 36.4 Å². The Morgan fingerprint density at radius 3 is 2.48 bits per heavy atom. The van der Waals surface area contributed by atoms with Crippen molar-refractivity contribution in [2.45, 2.75) is 30.9 Å². The van der Waals surface area contributed by atoms with Gasteiger partial charge in [0.2, 0.25) is 0 Å². The molecule has 0 saturated carbocycles. The molecule has 0 unspecified atom stereocenters. The van der Waals surface area contributed by atoms with Crippen molar-refractivity contribution >= 4 is 21.5 Å². The summed E-state index contributed by atoms with van der Waals surface area (Å²) in [7, 11) is -3.50. The number of nitrogens with zero attached hydrogens (tertiary/aromatic N) is 3. The number of nitrogens with one attached hydrogen (secondary N) is 2. The average Bonchev–Trinajstić information content (AvgIpc) is 3.00. The van der Waals surface area contributed by atoms with E-state index in [9.17, 15) is 8.42 Å². The molecule has 2 N–H and O–H groups in total. The molecule has 1 aromatic carbocycles. The van der Waals surface area contributed by atoms with Gasteiger partial charge in [-0.15, -0.1) is 0 Å². The maximum absolute atomic E-state index is 12.6. The number of aryl methyl sites for hydroxylation is 2.